The van der Waals surface area contributed by atoms with Gasteiger partial charge in [-0.3, -0.25) is 4.79 Å². The van der Waals surface area contributed by atoms with Gasteiger partial charge in [0.1, 0.15) is 6.04 Å². The fourth-order valence-electron chi connectivity index (χ4n) is 0.572. The van der Waals surface area contributed by atoms with Crippen LogP contribution >= 0.6 is 0 Å². The minimum absolute atomic E-state index is 0. The summed E-state index contributed by atoms with van der Waals surface area (Å²) in [7, 11) is 0. The first-order valence-corrected chi connectivity index (χ1v) is 4.29. The summed E-state index contributed by atoms with van der Waals surface area (Å²) in [5, 5.41) is 9.08. The van der Waals surface area contributed by atoms with Gasteiger partial charge in [-0.05, 0) is 13.8 Å². The van der Waals surface area contributed by atoms with Gasteiger partial charge < -0.3 is 28.2 Å². The number of ether oxygens (including phenoxy) is 1. The maximum Gasteiger partial charge on any atom is 0.325 e. The molecule has 0 heterocycles. The summed E-state index contributed by atoms with van der Waals surface area (Å²) in [5.41, 5.74) is 5.33. The van der Waals surface area contributed by atoms with Crippen LogP contribution < -0.4 is 5.73 Å². The molecule has 3 N–H and O–H groups in total. The normalized spacial score (nSPS) is 14.6. The van der Waals surface area contributed by atoms with Crippen LogP contribution in [0.1, 0.15) is 13.8 Å². The topological polar surface area (TPSA) is 72.5 Å². The Hall–Kier alpha value is 0.844. The van der Waals surface area contributed by atoms with E-state index in [9.17, 15) is 4.79 Å². The van der Waals surface area contributed by atoms with Gasteiger partial charge in [-0.25, -0.2) is 0 Å². The predicted molar refractivity (Wildman–Crippen MR) is 47.4 cm³/mol. The average molecular weight is 281 g/mol. The van der Waals surface area contributed by atoms with Crippen molar-refractivity contribution >= 4 is 18.6 Å². The summed E-state index contributed by atoms with van der Waals surface area (Å²) in [4.78, 5) is 11.0. The molecule has 0 spiro atoms. The molecule has 0 saturated carbocycles. The smallest absolute Gasteiger partial charge is 0.325 e. The van der Waals surface area contributed by atoms with Gasteiger partial charge in [0.25, 0.3) is 0 Å². The molecule has 1 radical (unpaired) electrons. The van der Waals surface area contributed by atoms with Crippen LogP contribution in [0.15, 0.2) is 0 Å². The Balaban J connectivity index is 0. The van der Waals surface area contributed by atoms with Crippen molar-refractivity contribution in [2.75, 3.05) is 5.75 Å². The van der Waals surface area contributed by atoms with E-state index in [0.29, 0.717) is 0 Å². The van der Waals surface area contributed by atoms with E-state index in [2.05, 4.69) is 12.6 Å². The van der Waals surface area contributed by atoms with Crippen LogP contribution in [0, 0.1) is 0 Å². The summed E-state index contributed by atoms with van der Waals surface area (Å²) in [6, 6.07) is -1.02. The molecule has 0 aromatic heterocycles. The van der Waals surface area contributed by atoms with E-state index in [4.69, 9.17) is 15.6 Å². The summed E-state index contributed by atoms with van der Waals surface area (Å²) in [6.07, 6.45) is -1.22. The summed E-state index contributed by atoms with van der Waals surface area (Å²) < 4.78 is 4.76. The van der Waals surface area contributed by atoms with E-state index in [-0.39, 0.29) is 44.6 Å². The van der Waals surface area contributed by atoms with Crippen LogP contribution in [0.2, 0.25) is 0 Å². The molecule has 0 rings (SSSR count). The number of aliphatic hydroxyl groups excluding tert-OH is 1. The minimum Gasteiger partial charge on any atom is -0.790 e. The van der Waals surface area contributed by atoms with E-state index >= 15 is 0 Å². The van der Waals surface area contributed by atoms with Crippen LogP contribution in [0.3, 0.4) is 0 Å². The largest absolute Gasteiger partial charge is 0.790 e. The first-order valence-electron chi connectivity index (χ1n) is 3.71. The van der Waals surface area contributed by atoms with Crippen molar-refractivity contribution < 1.29 is 47.3 Å². The molecule has 0 aromatic rings. The Morgan fingerprint density at radius 2 is 2.08 bits per heavy atom. The zero-order chi connectivity index (χ0) is 9.72. The molecule has 0 amide bonds. The zero-order valence-electron chi connectivity index (χ0n) is 7.77. The molecule has 75 valence electrons. The molecule has 0 aliphatic heterocycles. The van der Waals surface area contributed by atoms with Gasteiger partial charge in [0.05, 0.1) is 12.2 Å². The average Bonchev–Trinajstić information content (AvgIpc) is 2.00. The number of hydrogen-bond acceptors (Lipinski definition) is 5. The van der Waals surface area contributed by atoms with Gasteiger partial charge in [-0.2, -0.15) is 0 Å². The van der Waals surface area contributed by atoms with Gasteiger partial charge in [0.15, 0.2) is 0 Å². The Kier molecular flexibility index (Phi) is 10.2. The SMILES string of the molecule is CC(C)OC(=O)C(N)C(O)C[S-].[Y]. The Labute approximate surface area is 109 Å². The third kappa shape index (κ3) is 6.85. The third-order valence-electron chi connectivity index (χ3n) is 1.21. The van der Waals surface area contributed by atoms with E-state index in [1.807, 2.05) is 0 Å². The van der Waals surface area contributed by atoms with Gasteiger partial charge in [-0.1, -0.05) is 0 Å². The van der Waals surface area contributed by atoms with Crippen molar-refractivity contribution in [3.05, 3.63) is 0 Å². The zero-order valence-corrected chi connectivity index (χ0v) is 11.4. The number of hydrogen-bond donors (Lipinski definition) is 2. The van der Waals surface area contributed by atoms with E-state index < -0.39 is 18.1 Å². The number of carbonyl (C=O) groups excluding carboxylic acids is 1. The fraction of sp³-hybridized carbons (Fsp3) is 0.857. The van der Waals surface area contributed by atoms with E-state index in [1.54, 1.807) is 13.8 Å². The molecule has 0 aliphatic carbocycles. The van der Waals surface area contributed by atoms with Crippen LogP contribution in [-0.2, 0) is 54.9 Å². The molecule has 2 unspecified atom stereocenters. The Bertz CT molecular complexity index is 157. The van der Waals surface area contributed by atoms with Crippen LogP contribution in [0.25, 0.3) is 0 Å². The number of nitrogens with two attached hydrogens (primary N) is 1. The summed E-state index contributed by atoms with van der Waals surface area (Å²) >= 11 is 4.55. The van der Waals surface area contributed by atoms with Crippen molar-refractivity contribution in [2.45, 2.75) is 32.1 Å². The molecule has 0 saturated heterocycles. The van der Waals surface area contributed by atoms with Crippen molar-refractivity contribution in [3.8, 4) is 0 Å². The van der Waals surface area contributed by atoms with E-state index in [1.165, 1.54) is 0 Å². The maximum atomic E-state index is 11.0. The quantitative estimate of drug-likeness (QED) is 0.520. The number of carbonyl (C=O) groups is 1. The van der Waals surface area contributed by atoms with Crippen molar-refractivity contribution in [3.63, 3.8) is 0 Å². The van der Waals surface area contributed by atoms with Crippen molar-refractivity contribution in [1.82, 2.24) is 0 Å². The fourth-order valence-corrected chi connectivity index (χ4v) is 0.779. The number of rotatable bonds is 4. The second-order valence-corrected chi connectivity index (χ2v) is 3.08. The molecule has 0 aliphatic rings. The Morgan fingerprint density at radius 1 is 1.62 bits per heavy atom. The van der Waals surface area contributed by atoms with Crippen LogP contribution in [-0.4, -0.2) is 35.1 Å². The second kappa shape index (κ2) is 8.18. The molecule has 0 aromatic carbocycles. The number of aliphatic hydroxyl groups is 1. The third-order valence-corrected chi connectivity index (χ3v) is 1.55. The van der Waals surface area contributed by atoms with Gasteiger partial charge >= 0.3 is 5.97 Å². The van der Waals surface area contributed by atoms with Crippen molar-refractivity contribution in [2.24, 2.45) is 5.73 Å². The molecule has 13 heavy (non-hydrogen) atoms. The molecule has 0 bridgehead atoms. The molecular weight excluding hydrogens is 267 g/mol. The van der Waals surface area contributed by atoms with E-state index in [0.717, 1.165) is 0 Å². The van der Waals surface area contributed by atoms with Gasteiger partial charge in [0, 0.05) is 32.7 Å². The van der Waals surface area contributed by atoms with Crippen LogP contribution in [0.4, 0.5) is 0 Å². The molecule has 6 heteroatoms. The monoisotopic (exact) mass is 281 g/mol. The standard InChI is InChI=1S/C7H15NO3S.Y/c1-4(2)11-7(10)6(8)5(9)3-12;/h4-6,9,12H,3,8H2,1-2H3;/p-1. The summed E-state index contributed by atoms with van der Waals surface area (Å²) in [5.74, 6) is -0.573. The predicted octanol–water partition coefficient (Wildman–Crippen LogP) is -0.829. The van der Waals surface area contributed by atoms with Gasteiger partial charge in [0.2, 0.25) is 0 Å². The molecule has 2 atom stereocenters. The number of esters is 1. The molecule has 4 nitrogen and oxygen atoms in total. The minimum atomic E-state index is -1.02. The Morgan fingerprint density at radius 3 is 2.38 bits per heavy atom. The summed E-state index contributed by atoms with van der Waals surface area (Å²) in [6.45, 7) is 3.43. The van der Waals surface area contributed by atoms with Gasteiger partial charge in [-0.15, -0.1) is 5.75 Å². The first-order chi connectivity index (χ1) is 5.49. The molecular formula is C7H14NO3SY-. The van der Waals surface area contributed by atoms with Crippen LogP contribution in [0.5, 0.6) is 0 Å². The molecule has 0 fully saturated rings. The first kappa shape index (κ1) is 16.3. The second-order valence-electron chi connectivity index (χ2n) is 2.75. The van der Waals surface area contributed by atoms with Crippen molar-refractivity contribution in [1.29, 1.82) is 0 Å². The maximum absolute atomic E-state index is 11.0.